The van der Waals surface area contributed by atoms with E-state index in [4.69, 9.17) is 4.99 Å². The molecule has 1 saturated carbocycles. The molecule has 2 fully saturated rings. The van der Waals surface area contributed by atoms with Crippen molar-refractivity contribution in [1.29, 1.82) is 0 Å². The Hall–Kier alpha value is -2.10. The van der Waals surface area contributed by atoms with Gasteiger partial charge in [0.1, 0.15) is 0 Å². The number of anilines is 1. The van der Waals surface area contributed by atoms with Crippen molar-refractivity contribution in [3.8, 4) is 0 Å². The van der Waals surface area contributed by atoms with Crippen LogP contribution in [0.5, 0.6) is 0 Å². The summed E-state index contributed by atoms with van der Waals surface area (Å²) < 4.78 is 2.22. The minimum atomic E-state index is 0. The maximum Gasteiger partial charge on any atom is 0.227 e. The molecule has 2 heterocycles. The first-order valence-electron chi connectivity index (χ1n) is 12.0. The molecule has 7 nitrogen and oxygen atoms in total. The monoisotopic (exact) mass is 564 g/mol. The van der Waals surface area contributed by atoms with Gasteiger partial charge in [-0.1, -0.05) is 31.9 Å². The van der Waals surface area contributed by atoms with Crippen LogP contribution in [0.15, 0.2) is 48.0 Å². The zero-order valence-electron chi connectivity index (χ0n) is 19.7. The van der Waals surface area contributed by atoms with Crippen molar-refractivity contribution in [2.24, 2.45) is 16.8 Å². The van der Waals surface area contributed by atoms with Crippen molar-refractivity contribution >= 4 is 41.5 Å². The molecule has 8 heteroatoms. The van der Waals surface area contributed by atoms with Gasteiger partial charge in [-0.15, -0.1) is 24.0 Å². The molecular weight excluding hydrogens is 527 g/mol. The lowest BCUT2D eigenvalue weighted by atomic mass is 9.93. The number of rotatable bonds is 6. The summed E-state index contributed by atoms with van der Waals surface area (Å²) in [6, 6.07) is 8.48. The largest absolute Gasteiger partial charge is 0.357 e. The van der Waals surface area contributed by atoms with Gasteiger partial charge in [0.2, 0.25) is 5.91 Å². The van der Waals surface area contributed by atoms with Crippen LogP contribution in [0.3, 0.4) is 0 Å². The van der Waals surface area contributed by atoms with Gasteiger partial charge >= 0.3 is 0 Å². The first-order valence-corrected chi connectivity index (χ1v) is 12.0. The Labute approximate surface area is 214 Å². The number of likely N-dealkylation sites (tertiary alicyclic amines) is 1. The van der Waals surface area contributed by atoms with Gasteiger partial charge in [0.05, 0.1) is 18.9 Å². The normalized spacial score (nSPS) is 21.5. The molecule has 4 rings (SSSR count). The van der Waals surface area contributed by atoms with Gasteiger partial charge in [-0.25, -0.2) is 9.98 Å². The van der Waals surface area contributed by atoms with Gasteiger partial charge in [0.25, 0.3) is 0 Å². The summed E-state index contributed by atoms with van der Waals surface area (Å²) in [5, 5.41) is 6.57. The molecule has 2 atom stereocenters. The summed E-state index contributed by atoms with van der Waals surface area (Å²) in [7, 11) is 0. The Bertz CT molecular complexity index is 909. The standard InChI is InChI=1S/C25H36N6O.HI/c1-3-27-25(30-13-11-19(2)23(17-30)31-14-12-26-18-31)28-16-20-7-6-10-22(15-20)29-24(32)21-8-4-5-9-21;/h6-7,10,12,14-15,18-19,21,23H,3-5,8-9,11,13,16-17H2,1-2H3,(H,27,28)(H,29,32);1H. The molecular formula is C25H37IN6O. The highest BCUT2D eigenvalue weighted by molar-refractivity contribution is 14.0. The van der Waals surface area contributed by atoms with Crippen molar-refractivity contribution < 1.29 is 4.79 Å². The number of nitrogens with zero attached hydrogens (tertiary/aromatic N) is 4. The molecule has 1 saturated heterocycles. The third-order valence-corrected chi connectivity index (χ3v) is 6.79. The van der Waals surface area contributed by atoms with E-state index in [2.05, 4.69) is 51.2 Å². The third-order valence-electron chi connectivity index (χ3n) is 6.79. The van der Waals surface area contributed by atoms with E-state index in [1.165, 1.54) is 0 Å². The summed E-state index contributed by atoms with van der Waals surface area (Å²) in [6.07, 6.45) is 11.3. The van der Waals surface area contributed by atoms with Gasteiger partial charge in [0.15, 0.2) is 5.96 Å². The molecule has 0 radical (unpaired) electrons. The van der Waals surface area contributed by atoms with Crippen LogP contribution in [0.2, 0.25) is 0 Å². The van der Waals surface area contributed by atoms with Crippen LogP contribution in [-0.2, 0) is 11.3 Å². The summed E-state index contributed by atoms with van der Waals surface area (Å²) >= 11 is 0. The lowest BCUT2D eigenvalue weighted by Crippen LogP contribution is -2.49. The number of benzene rings is 1. The summed E-state index contributed by atoms with van der Waals surface area (Å²) in [4.78, 5) is 24.0. The molecule has 2 N–H and O–H groups in total. The first-order chi connectivity index (χ1) is 15.6. The Morgan fingerprint density at radius 3 is 2.79 bits per heavy atom. The van der Waals surface area contributed by atoms with Crippen LogP contribution in [0.1, 0.15) is 57.6 Å². The molecule has 1 aliphatic carbocycles. The Morgan fingerprint density at radius 1 is 1.24 bits per heavy atom. The molecule has 1 aromatic carbocycles. The van der Waals surface area contributed by atoms with E-state index in [9.17, 15) is 4.79 Å². The summed E-state index contributed by atoms with van der Waals surface area (Å²) in [5.74, 6) is 1.87. The van der Waals surface area contributed by atoms with Gasteiger partial charge in [-0.05, 0) is 49.8 Å². The molecule has 1 aromatic heterocycles. The predicted octanol–water partition coefficient (Wildman–Crippen LogP) is 4.68. The molecule has 2 aromatic rings. The number of amides is 1. The average molecular weight is 565 g/mol. The predicted molar refractivity (Wildman–Crippen MR) is 144 cm³/mol. The van der Waals surface area contributed by atoms with Gasteiger partial charge < -0.3 is 20.1 Å². The maximum absolute atomic E-state index is 12.5. The van der Waals surface area contributed by atoms with Gasteiger partial charge in [-0.3, -0.25) is 4.79 Å². The number of hydrogen-bond acceptors (Lipinski definition) is 3. The number of piperidine rings is 1. The van der Waals surface area contributed by atoms with Crippen molar-refractivity contribution in [3.05, 3.63) is 48.5 Å². The highest BCUT2D eigenvalue weighted by Crippen LogP contribution is 2.28. The molecule has 180 valence electrons. The number of nitrogens with one attached hydrogen (secondary N) is 2. The van der Waals surface area contributed by atoms with Crippen molar-refractivity contribution in [1.82, 2.24) is 19.8 Å². The maximum atomic E-state index is 12.5. The van der Waals surface area contributed by atoms with Crippen LogP contribution in [0.4, 0.5) is 5.69 Å². The van der Waals surface area contributed by atoms with Crippen LogP contribution in [0.25, 0.3) is 0 Å². The second-order valence-electron chi connectivity index (χ2n) is 9.13. The van der Waals surface area contributed by atoms with Crippen molar-refractivity contribution in [2.75, 3.05) is 25.0 Å². The van der Waals surface area contributed by atoms with Crippen LogP contribution in [-0.4, -0.2) is 46.0 Å². The number of carbonyl (C=O) groups is 1. The Balaban J connectivity index is 0.00000306. The Morgan fingerprint density at radius 2 is 2.06 bits per heavy atom. The van der Waals surface area contributed by atoms with E-state index in [1.54, 1.807) is 0 Å². The highest BCUT2D eigenvalue weighted by atomic mass is 127. The number of aliphatic imine (C=N–C) groups is 1. The van der Waals surface area contributed by atoms with Crippen LogP contribution < -0.4 is 10.6 Å². The second kappa shape index (κ2) is 12.4. The van der Waals surface area contributed by atoms with Crippen molar-refractivity contribution in [3.63, 3.8) is 0 Å². The van der Waals surface area contributed by atoms with E-state index in [0.717, 1.165) is 68.9 Å². The quantitative estimate of drug-likeness (QED) is 0.304. The molecule has 0 spiro atoms. The molecule has 0 bridgehead atoms. The van der Waals surface area contributed by atoms with Crippen LogP contribution >= 0.6 is 24.0 Å². The number of guanidine groups is 1. The molecule has 1 aliphatic heterocycles. The number of hydrogen-bond donors (Lipinski definition) is 2. The zero-order chi connectivity index (χ0) is 22.3. The number of carbonyl (C=O) groups excluding carboxylic acids is 1. The minimum Gasteiger partial charge on any atom is -0.357 e. The zero-order valence-corrected chi connectivity index (χ0v) is 22.1. The van der Waals surface area contributed by atoms with E-state index in [0.29, 0.717) is 18.5 Å². The van der Waals surface area contributed by atoms with Gasteiger partial charge in [0, 0.05) is 43.6 Å². The van der Waals surface area contributed by atoms with Crippen LogP contribution in [0, 0.1) is 11.8 Å². The highest BCUT2D eigenvalue weighted by Gasteiger charge is 2.29. The SMILES string of the molecule is CCNC(=NCc1cccc(NC(=O)C2CCCC2)c1)N1CCC(C)C(n2ccnc2)C1.I. The van der Waals surface area contributed by atoms with E-state index < -0.39 is 0 Å². The van der Waals surface area contributed by atoms with Gasteiger partial charge in [-0.2, -0.15) is 0 Å². The average Bonchev–Trinajstić information content (AvgIpc) is 3.52. The molecule has 33 heavy (non-hydrogen) atoms. The van der Waals surface area contributed by atoms with E-state index >= 15 is 0 Å². The smallest absolute Gasteiger partial charge is 0.227 e. The fourth-order valence-electron chi connectivity index (χ4n) is 4.87. The molecule has 1 amide bonds. The molecule has 2 aliphatic rings. The fraction of sp³-hybridized carbons (Fsp3) is 0.560. The summed E-state index contributed by atoms with van der Waals surface area (Å²) in [5.41, 5.74) is 1.97. The number of imidazole rings is 1. The third kappa shape index (κ3) is 6.71. The minimum absolute atomic E-state index is 0. The first kappa shape index (κ1) is 25.5. The topological polar surface area (TPSA) is 74.6 Å². The number of aromatic nitrogens is 2. The second-order valence-corrected chi connectivity index (χ2v) is 9.13. The Kier molecular flexibility index (Phi) is 9.58. The summed E-state index contributed by atoms with van der Waals surface area (Å²) in [6.45, 7) is 7.75. The molecule has 2 unspecified atom stereocenters. The number of halogens is 1. The van der Waals surface area contributed by atoms with E-state index in [-0.39, 0.29) is 35.8 Å². The van der Waals surface area contributed by atoms with E-state index in [1.807, 2.05) is 30.7 Å². The van der Waals surface area contributed by atoms with Crippen molar-refractivity contribution in [2.45, 2.75) is 58.5 Å². The fourth-order valence-corrected chi connectivity index (χ4v) is 4.87. The lowest BCUT2D eigenvalue weighted by Gasteiger charge is -2.39. The lowest BCUT2D eigenvalue weighted by molar-refractivity contribution is -0.119.